The number of carboxylic acid groups (broad SMARTS) is 1. The van der Waals surface area contributed by atoms with Gasteiger partial charge in [-0.2, -0.15) is 0 Å². The maximum Gasteiger partial charge on any atom is 0.640 e. The van der Waals surface area contributed by atoms with E-state index in [1.807, 2.05) is 5.32 Å². The SMILES string of the molecule is O=C(O)C(Nc1cccc2ccccc12)([N+](=O)[O-])[N+](=O)[O-]. The van der Waals surface area contributed by atoms with E-state index in [9.17, 15) is 25.0 Å². The fourth-order valence-corrected chi connectivity index (χ4v) is 1.89. The van der Waals surface area contributed by atoms with Gasteiger partial charge in [0.05, 0.1) is 5.69 Å². The molecule has 9 nitrogen and oxygen atoms in total. The van der Waals surface area contributed by atoms with Gasteiger partial charge in [0, 0.05) is 5.39 Å². The predicted molar refractivity (Wildman–Crippen MR) is 71.9 cm³/mol. The van der Waals surface area contributed by atoms with Crippen LogP contribution in [0.3, 0.4) is 0 Å². The predicted octanol–water partition coefficient (Wildman–Crippen LogP) is 1.54. The summed E-state index contributed by atoms with van der Waals surface area (Å²) in [6.45, 7) is 0. The Morgan fingerprint density at radius 3 is 2.19 bits per heavy atom. The fraction of sp³-hybridized carbons (Fsp3) is 0.0833. The van der Waals surface area contributed by atoms with E-state index in [1.54, 1.807) is 30.3 Å². The zero-order valence-electron chi connectivity index (χ0n) is 10.4. The molecule has 21 heavy (non-hydrogen) atoms. The molecular weight excluding hydrogens is 282 g/mol. The quantitative estimate of drug-likeness (QED) is 0.484. The van der Waals surface area contributed by atoms with Crippen LogP contribution in [0.2, 0.25) is 0 Å². The number of nitrogens with zero attached hydrogens (tertiary/aromatic N) is 2. The lowest BCUT2D eigenvalue weighted by Crippen LogP contribution is -2.59. The molecule has 0 spiro atoms. The summed E-state index contributed by atoms with van der Waals surface area (Å²) in [5.74, 6) is -5.74. The van der Waals surface area contributed by atoms with Gasteiger partial charge in [-0.05, 0) is 11.5 Å². The van der Waals surface area contributed by atoms with Gasteiger partial charge in [0.2, 0.25) is 0 Å². The van der Waals surface area contributed by atoms with E-state index in [0.717, 1.165) is 0 Å². The molecule has 2 N–H and O–H groups in total. The van der Waals surface area contributed by atoms with Crippen LogP contribution in [-0.4, -0.2) is 26.7 Å². The number of hydrogen-bond acceptors (Lipinski definition) is 6. The van der Waals surface area contributed by atoms with Crippen molar-refractivity contribution < 1.29 is 19.7 Å². The van der Waals surface area contributed by atoms with Crippen LogP contribution in [0.25, 0.3) is 10.8 Å². The highest BCUT2D eigenvalue weighted by Gasteiger charge is 2.66. The molecule has 0 aliphatic heterocycles. The molecular formula is C12H9N3O6. The first-order valence-corrected chi connectivity index (χ1v) is 5.68. The van der Waals surface area contributed by atoms with Crippen molar-refractivity contribution in [1.29, 1.82) is 0 Å². The van der Waals surface area contributed by atoms with E-state index >= 15 is 0 Å². The van der Waals surface area contributed by atoms with Crippen molar-refractivity contribution in [2.24, 2.45) is 0 Å². The highest BCUT2D eigenvalue weighted by atomic mass is 16.7. The van der Waals surface area contributed by atoms with Crippen LogP contribution in [0.1, 0.15) is 0 Å². The number of nitrogens with one attached hydrogen (secondary N) is 1. The summed E-state index contributed by atoms with van der Waals surface area (Å²) in [6, 6.07) is 11.2. The van der Waals surface area contributed by atoms with Gasteiger partial charge in [0.15, 0.2) is 0 Å². The summed E-state index contributed by atoms with van der Waals surface area (Å²) in [5.41, 5.74) is -0.0103. The van der Waals surface area contributed by atoms with Gasteiger partial charge in [-0.15, -0.1) is 0 Å². The average Bonchev–Trinajstić information content (AvgIpc) is 2.43. The van der Waals surface area contributed by atoms with Crippen LogP contribution in [0, 0.1) is 20.2 Å². The number of hydrogen-bond donors (Lipinski definition) is 2. The molecule has 0 radical (unpaired) electrons. The number of benzene rings is 2. The first-order valence-electron chi connectivity index (χ1n) is 5.68. The Morgan fingerprint density at radius 1 is 1.05 bits per heavy atom. The number of carbonyl (C=O) groups is 1. The number of rotatable bonds is 5. The van der Waals surface area contributed by atoms with Crippen LogP contribution in [-0.2, 0) is 4.79 Å². The van der Waals surface area contributed by atoms with E-state index < -0.39 is 21.6 Å². The molecule has 2 rings (SSSR count). The average molecular weight is 291 g/mol. The van der Waals surface area contributed by atoms with Crippen LogP contribution in [0.15, 0.2) is 42.5 Å². The van der Waals surface area contributed by atoms with Crippen LogP contribution < -0.4 is 5.32 Å². The summed E-state index contributed by atoms with van der Waals surface area (Å²) >= 11 is 0. The molecule has 0 atom stereocenters. The molecule has 0 aliphatic rings. The standard InChI is InChI=1S/C12H9N3O6/c16-11(17)12(14(18)19,15(20)21)13-10-7-3-5-8-4-1-2-6-9(8)10/h1-7,13H,(H,16,17). The van der Waals surface area contributed by atoms with Gasteiger partial charge in [0.1, 0.15) is 9.85 Å². The smallest absolute Gasteiger partial charge is 0.469 e. The molecule has 0 aromatic heterocycles. The van der Waals surface area contributed by atoms with Crippen molar-refractivity contribution in [3.63, 3.8) is 0 Å². The van der Waals surface area contributed by atoms with Gasteiger partial charge < -0.3 is 5.11 Å². The first kappa shape index (κ1) is 14.2. The molecule has 0 saturated heterocycles. The van der Waals surface area contributed by atoms with Crippen molar-refractivity contribution in [2.45, 2.75) is 5.79 Å². The minimum Gasteiger partial charge on any atom is -0.469 e. The summed E-state index contributed by atoms with van der Waals surface area (Å²) in [5, 5.41) is 33.9. The maximum absolute atomic E-state index is 11.1. The minimum absolute atomic E-state index is 0.0103. The van der Waals surface area contributed by atoms with Gasteiger partial charge in [-0.3, -0.25) is 20.2 Å². The third kappa shape index (κ3) is 2.20. The van der Waals surface area contributed by atoms with Crippen molar-refractivity contribution in [3.8, 4) is 0 Å². The number of anilines is 1. The van der Waals surface area contributed by atoms with E-state index in [4.69, 9.17) is 5.11 Å². The normalized spacial score (nSPS) is 11.0. The Hall–Kier alpha value is -3.23. The molecule has 2 aromatic rings. The summed E-state index contributed by atoms with van der Waals surface area (Å²) in [7, 11) is 0. The topological polar surface area (TPSA) is 136 Å². The second-order valence-corrected chi connectivity index (χ2v) is 4.14. The van der Waals surface area contributed by atoms with Crippen LogP contribution in [0.4, 0.5) is 5.69 Å². The van der Waals surface area contributed by atoms with E-state index in [0.29, 0.717) is 10.8 Å². The summed E-state index contributed by atoms with van der Waals surface area (Å²) in [6.07, 6.45) is 0. The Labute approximate surface area is 117 Å². The molecule has 0 bridgehead atoms. The Balaban J connectivity index is 2.62. The van der Waals surface area contributed by atoms with Gasteiger partial charge in [-0.1, -0.05) is 36.4 Å². The lowest BCUT2D eigenvalue weighted by atomic mass is 10.1. The van der Waals surface area contributed by atoms with Crippen LogP contribution >= 0.6 is 0 Å². The Kier molecular flexibility index (Phi) is 3.40. The number of carboxylic acids is 1. The highest BCUT2D eigenvalue weighted by molar-refractivity contribution is 5.95. The fourth-order valence-electron chi connectivity index (χ4n) is 1.89. The van der Waals surface area contributed by atoms with Crippen molar-refractivity contribution in [3.05, 3.63) is 62.7 Å². The largest absolute Gasteiger partial charge is 0.640 e. The molecule has 0 fully saturated rings. The molecule has 0 saturated carbocycles. The number of nitro groups is 2. The van der Waals surface area contributed by atoms with E-state index in [-0.39, 0.29) is 5.69 Å². The molecule has 0 aliphatic carbocycles. The highest BCUT2D eigenvalue weighted by Crippen LogP contribution is 2.26. The number of fused-ring (bicyclic) bond motifs is 1. The second kappa shape index (κ2) is 5.04. The molecule has 0 heterocycles. The van der Waals surface area contributed by atoms with E-state index in [2.05, 4.69) is 0 Å². The first-order chi connectivity index (χ1) is 9.89. The molecule has 9 heteroatoms. The Bertz CT molecular complexity index is 703. The van der Waals surface area contributed by atoms with Crippen molar-refractivity contribution in [2.75, 3.05) is 5.32 Å². The van der Waals surface area contributed by atoms with E-state index in [1.165, 1.54) is 12.1 Å². The lowest BCUT2D eigenvalue weighted by Gasteiger charge is -2.16. The monoisotopic (exact) mass is 291 g/mol. The van der Waals surface area contributed by atoms with Crippen molar-refractivity contribution >= 4 is 22.4 Å². The summed E-state index contributed by atoms with van der Waals surface area (Å²) in [4.78, 5) is 30.1. The third-order valence-electron chi connectivity index (χ3n) is 2.93. The zero-order valence-corrected chi connectivity index (χ0v) is 10.4. The second-order valence-electron chi connectivity index (χ2n) is 4.14. The van der Waals surface area contributed by atoms with Gasteiger partial charge >= 0.3 is 11.8 Å². The molecule has 108 valence electrons. The zero-order chi connectivity index (χ0) is 15.6. The lowest BCUT2D eigenvalue weighted by molar-refractivity contribution is -0.769. The third-order valence-corrected chi connectivity index (χ3v) is 2.93. The minimum atomic E-state index is -3.54. The summed E-state index contributed by atoms with van der Waals surface area (Å²) < 4.78 is 0. The van der Waals surface area contributed by atoms with Crippen molar-refractivity contribution in [1.82, 2.24) is 0 Å². The molecule has 2 aromatic carbocycles. The van der Waals surface area contributed by atoms with Gasteiger partial charge in [-0.25, -0.2) is 10.1 Å². The Morgan fingerprint density at radius 2 is 1.62 bits per heavy atom. The molecule has 0 unspecified atom stereocenters. The molecule has 0 amide bonds. The van der Waals surface area contributed by atoms with Gasteiger partial charge in [0.25, 0.3) is 0 Å². The maximum atomic E-state index is 11.1. The van der Waals surface area contributed by atoms with Crippen LogP contribution in [0.5, 0.6) is 0 Å². The number of aliphatic carboxylic acids is 1.